The number of benzene rings is 1. The summed E-state index contributed by atoms with van der Waals surface area (Å²) < 4.78 is 5.38. The van der Waals surface area contributed by atoms with Gasteiger partial charge in [0.15, 0.2) is 0 Å². The van der Waals surface area contributed by atoms with Gasteiger partial charge in [-0.3, -0.25) is 4.79 Å². The Morgan fingerprint density at radius 2 is 2.10 bits per heavy atom. The maximum absolute atomic E-state index is 12.2. The van der Waals surface area contributed by atoms with Crippen LogP contribution >= 0.6 is 11.3 Å². The molecule has 0 spiro atoms. The van der Waals surface area contributed by atoms with Crippen molar-refractivity contribution >= 4 is 28.6 Å². The van der Waals surface area contributed by atoms with Gasteiger partial charge in [0, 0.05) is 24.5 Å². The van der Waals surface area contributed by atoms with Crippen LogP contribution in [0.4, 0.5) is 11.4 Å². The van der Waals surface area contributed by atoms with Gasteiger partial charge in [-0.15, -0.1) is 11.3 Å². The Morgan fingerprint density at radius 3 is 2.81 bits per heavy atom. The molecule has 0 atom stereocenters. The van der Waals surface area contributed by atoms with Crippen LogP contribution < -0.4 is 10.2 Å². The second-order valence-electron chi connectivity index (χ2n) is 5.03. The first-order chi connectivity index (χ1) is 10.2. The molecule has 1 aromatic carbocycles. The number of ether oxygens (including phenoxy) is 1. The number of thiophene rings is 1. The van der Waals surface area contributed by atoms with Crippen LogP contribution in [0.25, 0.3) is 0 Å². The first kappa shape index (κ1) is 14.1. The molecule has 0 unspecified atom stereocenters. The number of carbonyl (C=O) groups excluding carboxylic acids is 1. The number of rotatable bonds is 3. The van der Waals surface area contributed by atoms with Gasteiger partial charge >= 0.3 is 0 Å². The van der Waals surface area contributed by atoms with Crippen molar-refractivity contribution in [3.63, 3.8) is 0 Å². The molecule has 5 heteroatoms. The van der Waals surface area contributed by atoms with Gasteiger partial charge in [-0.2, -0.15) is 0 Å². The summed E-state index contributed by atoms with van der Waals surface area (Å²) in [5.41, 5.74) is 3.07. The summed E-state index contributed by atoms with van der Waals surface area (Å²) in [7, 11) is 0. The van der Waals surface area contributed by atoms with E-state index < -0.39 is 0 Å². The molecule has 21 heavy (non-hydrogen) atoms. The summed E-state index contributed by atoms with van der Waals surface area (Å²) in [5, 5.41) is 4.91. The van der Waals surface area contributed by atoms with E-state index in [1.165, 1.54) is 11.3 Å². The van der Waals surface area contributed by atoms with Gasteiger partial charge in [0.1, 0.15) is 0 Å². The third-order valence-corrected chi connectivity index (χ3v) is 4.46. The number of nitrogens with one attached hydrogen (secondary N) is 1. The van der Waals surface area contributed by atoms with Gasteiger partial charge in [0.05, 0.1) is 18.1 Å². The van der Waals surface area contributed by atoms with E-state index in [9.17, 15) is 4.79 Å². The first-order valence-electron chi connectivity index (χ1n) is 7.02. The molecule has 0 saturated carbocycles. The van der Waals surface area contributed by atoms with Gasteiger partial charge in [0.2, 0.25) is 0 Å². The van der Waals surface area contributed by atoms with Gasteiger partial charge in [-0.05, 0) is 36.1 Å². The molecule has 3 rings (SSSR count). The Morgan fingerprint density at radius 1 is 1.29 bits per heavy atom. The van der Waals surface area contributed by atoms with Gasteiger partial charge < -0.3 is 15.0 Å². The van der Waals surface area contributed by atoms with Crippen LogP contribution in [-0.2, 0) is 4.74 Å². The lowest BCUT2D eigenvalue weighted by Crippen LogP contribution is -2.36. The lowest BCUT2D eigenvalue weighted by atomic mass is 10.1. The topological polar surface area (TPSA) is 41.6 Å². The fraction of sp³-hybridized carbons (Fsp3) is 0.312. The van der Waals surface area contributed by atoms with Crippen molar-refractivity contribution in [1.29, 1.82) is 0 Å². The number of morpholine rings is 1. The molecule has 2 aromatic rings. The van der Waals surface area contributed by atoms with Crippen molar-refractivity contribution < 1.29 is 9.53 Å². The predicted octanol–water partition coefficient (Wildman–Crippen LogP) is 3.15. The van der Waals surface area contributed by atoms with Crippen LogP contribution in [0.1, 0.15) is 15.2 Å². The highest BCUT2D eigenvalue weighted by atomic mass is 32.1. The van der Waals surface area contributed by atoms with E-state index in [4.69, 9.17) is 4.74 Å². The molecular formula is C16H18N2O2S. The fourth-order valence-electron chi connectivity index (χ4n) is 2.35. The molecule has 1 saturated heterocycles. The number of anilines is 2. The number of aryl methyl sites for hydroxylation is 1. The van der Waals surface area contributed by atoms with E-state index in [0.29, 0.717) is 0 Å². The van der Waals surface area contributed by atoms with Crippen molar-refractivity contribution in [1.82, 2.24) is 0 Å². The SMILES string of the molecule is Cc1ccc(N2CCOCC2)cc1NC(=O)c1cccs1. The Hall–Kier alpha value is -1.85. The molecule has 1 aliphatic heterocycles. The van der Waals surface area contributed by atoms with Gasteiger partial charge in [-0.1, -0.05) is 12.1 Å². The van der Waals surface area contributed by atoms with Crippen LogP contribution in [0.5, 0.6) is 0 Å². The fourth-order valence-corrected chi connectivity index (χ4v) is 2.97. The van der Waals surface area contributed by atoms with Crippen LogP contribution in [0.15, 0.2) is 35.7 Å². The summed E-state index contributed by atoms with van der Waals surface area (Å²) in [4.78, 5) is 15.2. The lowest BCUT2D eigenvalue weighted by Gasteiger charge is -2.29. The van der Waals surface area contributed by atoms with E-state index in [2.05, 4.69) is 22.3 Å². The number of carbonyl (C=O) groups is 1. The molecule has 0 radical (unpaired) electrons. The molecule has 0 aliphatic carbocycles. The predicted molar refractivity (Wildman–Crippen MR) is 86.5 cm³/mol. The normalized spacial score (nSPS) is 15.0. The van der Waals surface area contributed by atoms with Crippen molar-refractivity contribution in [3.8, 4) is 0 Å². The summed E-state index contributed by atoms with van der Waals surface area (Å²) in [6, 6.07) is 9.92. The third-order valence-electron chi connectivity index (χ3n) is 3.59. The number of amides is 1. The van der Waals surface area contributed by atoms with Crippen LogP contribution in [0, 0.1) is 6.92 Å². The molecule has 4 nitrogen and oxygen atoms in total. The van der Waals surface area contributed by atoms with Crippen molar-refractivity contribution in [2.75, 3.05) is 36.5 Å². The van der Waals surface area contributed by atoms with Crippen molar-refractivity contribution in [3.05, 3.63) is 46.2 Å². The molecule has 1 fully saturated rings. The number of hydrogen-bond donors (Lipinski definition) is 1. The molecule has 2 heterocycles. The van der Waals surface area contributed by atoms with Gasteiger partial charge in [0.25, 0.3) is 5.91 Å². The molecule has 0 bridgehead atoms. The van der Waals surface area contributed by atoms with E-state index in [0.717, 1.165) is 48.1 Å². The number of hydrogen-bond acceptors (Lipinski definition) is 4. The van der Waals surface area contributed by atoms with Crippen LogP contribution in [0.2, 0.25) is 0 Å². The second kappa shape index (κ2) is 6.28. The van der Waals surface area contributed by atoms with Gasteiger partial charge in [-0.25, -0.2) is 0 Å². The Bertz CT molecular complexity index is 619. The van der Waals surface area contributed by atoms with E-state index >= 15 is 0 Å². The molecule has 1 N–H and O–H groups in total. The highest BCUT2D eigenvalue weighted by Crippen LogP contribution is 2.25. The summed E-state index contributed by atoms with van der Waals surface area (Å²) in [6.07, 6.45) is 0. The maximum atomic E-state index is 12.2. The quantitative estimate of drug-likeness (QED) is 0.947. The minimum absolute atomic E-state index is 0.0489. The molecule has 1 aliphatic rings. The minimum Gasteiger partial charge on any atom is -0.378 e. The average Bonchev–Trinajstić information content (AvgIpc) is 3.05. The Labute approximate surface area is 128 Å². The summed E-state index contributed by atoms with van der Waals surface area (Å²) in [6.45, 7) is 5.30. The van der Waals surface area contributed by atoms with E-state index in [1.54, 1.807) is 0 Å². The van der Waals surface area contributed by atoms with E-state index in [-0.39, 0.29) is 5.91 Å². The molecule has 1 aromatic heterocycles. The highest BCUT2D eigenvalue weighted by Gasteiger charge is 2.14. The first-order valence-corrected chi connectivity index (χ1v) is 7.90. The second-order valence-corrected chi connectivity index (χ2v) is 5.98. The molecular weight excluding hydrogens is 284 g/mol. The largest absolute Gasteiger partial charge is 0.378 e. The Kier molecular flexibility index (Phi) is 4.22. The highest BCUT2D eigenvalue weighted by molar-refractivity contribution is 7.12. The smallest absolute Gasteiger partial charge is 0.265 e. The lowest BCUT2D eigenvalue weighted by molar-refractivity contribution is 0.103. The Balaban J connectivity index is 1.79. The summed E-state index contributed by atoms with van der Waals surface area (Å²) in [5.74, 6) is -0.0489. The minimum atomic E-state index is -0.0489. The zero-order valence-corrected chi connectivity index (χ0v) is 12.8. The monoisotopic (exact) mass is 302 g/mol. The van der Waals surface area contributed by atoms with Crippen molar-refractivity contribution in [2.24, 2.45) is 0 Å². The van der Waals surface area contributed by atoms with Crippen LogP contribution in [-0.4, -0.2) is 32.2 Å². The summed E-state index contributed by atoms with van der Waals surface area (Å²) >= 11 is 1.45. The zero-order chi connectivity index (χ0) is 14.7. The zero-order valence-electron chi connectivity index (χ0n) is 12.0. The maximum Gasteiger partial charge on any atom is 0.265 e. The molecule has 110 valence electrons. The standard InChI is InChI=1S/C16H18N2O2S/c1-12-4-5-13(18-6-8-20-9-7-18)11-14(12)17-16(19)15-3-2-10-21-15/h2-5,10-11H,6-9H2,1H3,(H,17,19). The van der Waals surface area contributed by atoms with Crippen LogP contribution in [0.3, 0.4) is 0 Å². The molecule has 1 amide bonds. The van der Waals surface area contributed by atoms with Crippen molar-refractivity contribution in [2.45, 2.75) is 6.92 Å². The van der Waals surface area contributed by atoms with E-state index in [1.807, 2.05) is 30.5 Å². The number of nitrogens with zero attached hydrogens (tertiary/aromatic N) is 1. The average molecular weight is 302 g/mol. The third kappa shape index (κ3) is 3.25.